The Balaban J connectivity index is 1.92. The van der Waals surface area contributed by atoms with Gasteiger partial charge in [-0.05, 0) is 27.8 Å². The minimum atomic E-state index is -1.20. The van der Waals surface area contributed by atoms with Crippen LogP contribution in [0.2, 0.25) is 0 Å². The summed E-state index contributed by atoms with van der Waals surface area (Å²) in [5, 5.41) is 12.3. The SMILES string of the molecule is O[C@@]1(c2ccccc2)C(c2ccccc2)=C(c2ccccc2)c2ccccc21. The van der Waals surface area contributed by atoms with E-state index < -0.39 is 5.60 Å². The zero-order chi connectivity index (χ0) is 19.0. The first-order chi connectivity index (χ1) is 13.8. The molecule has 1 atom stereocenters. The van der Waals surface area contributed by atoms with Crippen molar-refractivity contribution in [2.45, 2.75) is 5.60 Å². The fourth-order valence-corrected chi connectivity index (χ4v) is 4.31. The molecule has 0 aliphatic heterocycles. The van der Waals surface area contributed by atoms with Crippen LogP contribution in [0, 0.1) is 0 Å². The number of hydrogen-bond donors (Lipinski definition) is 1. The fraction of sp³-hybridized carbons (Fsp3) is 0.0370. The van der Waals surface area contributed by atoms with Gasteiger partial charge >= 0.3 is 0 Å². The molecule has 0 bridgehead atoms. The van der Waals surface area contributed by atoms with E-state index in [2.05, 4.69) is 30.3 Å². The van der Waals surface area contributed by atoms with Crippen LogP contribution >= 0.6 is 0 Å². The van der Waals surface area contributed by atoms with E-state index >= 15 is 0 Å². The van der Waals surface area contributed by atoms with Crippen molar-refractivity contribution in [1.29, 1.82) is 0 Å². The van der Waals surface area contributed by atoms with Crippen molar-refractivity contribution in [2.24, 2.45) is 0 Å². The predicted molar refractivity (Wildman–Crippen MR) is 115 cm³/mol. The van der Waals surface area contributed by atoms with Crippen LogP contribution in [-0.2, 0) is 5.60 Å². The molecule has 4 aromatic rings. The van der Waals surface area contributed by atoms with Crippen molar-refractivity contribution in [1.82, 2.24) is 0 Å². The molecule has 0 spiro atoms. The summed E-state index contributed by atoms with van der Waals surface area (Å²) in [6.45, 7) is 0. The molecule has 4 aromatic carbocycles. The van der Waals surface area contributed by atoms with E-state index in [1.54, 1.807) is 0 Å². The summed E-state index contributed by atoms with van der Waals surface area (Å²) in [7, 11) is 0. The average molecular weight is 360 g/mol. The standard InChI is InChI=1S/C27H20O/c28-27(22-16-8-3-9-17-22)24-19-11-10-18-23(24)25(20-12-4-1-5-13-20)26(27)21-14-6-2-7-15-21/h1-19,28H/t27-/m1/s1. The number of aliphatic hydroxyl groups is 1. The Morgan fingerprint density at radius 1 is 0.500 bits per heavy atom. The van der Waals surface area contributed by atoms with E-state index in [-0.39, 0.29) is 0 Å². The summed E-state index contributed by atoms with van der Waals surface area (Å²) >= 11 is 0. The first-order valence-electron chi connectivity index (χ1n) is 9.53. The summed E-state index contributed by atoms with van der Waals surface area (Å²) in [6.07, 6.45) is 0. The van der Waals surface area contributed by atoms with Crippen LogP contribution in [0.25, 0.3) is 11.1 Å². The van der Waals surface area contributed by atoms with Crippen molar-refractivity contribution >= 4 is 11.1 Å². The van der Waals surface area contributed by atoms with Gasteiger partial charge in [-0.1, -0.05) is 115 Å². The first-order valence-corrected chi connectivity index (χ1v) is 9.53. The molecular weight excluding hydrogens is 340 g/mol. The molecule has 0 saturated carbocycles. The molecule has 134 valence electrons. The third-order valence-corrected chi connectivity index (χ3v) is 5.51. The average Bonchev–Trinajstić information content (AvgIpc) is 3.06. The van der Waals surface area contributed by atoms with Crippen LogP contribution < -0.4 is 0 Å². The second-order valence-corrected chi connectivity index (χ2v) is 7.10. The molecule has 5 rings (SSSR count). The summed E-state index contributed by atoms with van der Waals surface area (Å²) in [6, 6.07) is 38.8. The highest BCUT2D eigenvalue weighted by Gasteiger charge is 2.45. The van der Waals surface area contributed by atoms with Crippen molar-refractivity contribution in [2.75, 3.05) is 0 Å². The summed E-state index contributed by atoms with van der Waals surface area (Å²) in [5.41, 5.74) is 5.86. The largest absolute Gasteiger partial charge is 0.376 e. The molecule has 1 heteroatoms. The molecule has 1 nitrogen and oxygen atoms in total. The van der Waals surface area contributed by atoms with Crippen LogP contribution in [0.4, 0.5) is 0 Å². The van der Waals surface area contributed by atoms with Crippen molar-refractivity contribution in [3.05, 3.63) is 143 Å². The summed E-state index contributed by atoms with van der Waals surface area (Å²) < 4.78 is 0. The monoisotopic (exact) mass is 360 g/mol. The van der Waals surface area contributed by atoms with Gasteiger partial charge in [0.25, 0.3) is 0 Å². The Hall–Kier alpha value is -3.42. The third kappa shape index (κ3) is 2.45. The second kappa shape index (κ2) is 6.63. The van der Waals surface area contributed by atoms with Crippen molar-refractivity contribution in [3.63, 3.8) is 0 Å². The van der Waals surface area contributed by atoms with Gasteiger partial charge in [0.2, 0.25) is 0 Å². The molecule has 1 N–H and O–H groups in total. The summed E-state index contributed by atoms with van der Waals surface area (Å²) in [5.74, 6) is 0. The maximum Gasteiger partial charge on any atom is 0.142 e. The Morgan fingerprint density at radius 2 is 1.00 bits per heavy atom. The van der Waals surface area contributed by atoms with Crippen LogP contribution in [0.3, 0.4) is 0 Å². The molecule has 0 unspecified atom stereocenters. The van der Waals surface area contributed by atoms with Gasteiger partial charge in [-0.3, -0.25) is 0 Å². The van der Waals surface area contributed by atoms with Crippen LogP contribution in [0.1, 0.15) is 27.8 Å². The van der Waals surface area contributed by atoms with Gasteiger partial charge in [0.15, 0.2) is 0 Å². The zero-order valence-electron chi connectivity index (χ0n) is 15.4. The van der Waals surface area contributed by atoms with Crippen LogP contribution in [-0.4, -0.2) is 5.11 Å². The van der Waals surface area contributed by atoms with Gasteiger partial charge in [-0.2, -0.15) is 0 Å². The Labute approximate surface area is 165 Å². The molecule has 0 fully saturated rings. The normalized spacial score (nSPS) is 18.2. The van der Waals surface area contributed by atoms with E-state index in [4.69, 9.17) is 0 Å². The number of rotatable bonds is 3. The van der Waals surface area contributed by atoms with E-state index in [9.17, 15) is 5.11 Å². The smallest absolute Gasteiger partial charge is 0.142 e. The van der Waals surface area contributed by atoms with E-state index in [1.165, 1.54) is 0 Å². The van der Waals surface area contributed by atoms with Gasteiger partial charge in [0.1, 0.15) is 5.60 Å². The lowest BCUT2D eigenvalue weighted by Gasteiger charge is -2.29. The maximum absolute atomic E-state index is 12.3. The predicted octanol–water partition coefficient (Wildman–Crippen LogP) is 5.90. The molecule has 0 amide bonds. The fourth-order valence-electron chi connectivity index (χ4n) is 4.31. The number of hydrogen-bond acceptors (Lipinski definition) is 1. The van der Waals surface area contributed by atoms with Gasteiger partial charge in [0.05, 0.1) is 0 Å². The minimum absolute atomic E-state index is 0.882. The summed E-state index contributed by atoms with van der Waals surface area (Å²) in [4.78, 5) is 0. The van der Waals surface area contributed by atoms with E-state index in [1.807, 2.05) is 84.9 Å². The van der Waals surface area contributed by atoms with Crippen LogP contribution in [0.5, 0.6) is 0 Å². The third-order valence-electron chi connectivity index (χ3n) is 5.51. The molecule has 1 aliphatic rings. The van der Waals surface area contributed by atoms with Gasteiger partial charge in [0, 0.05) is 11.1 Å². The van der Waals surface area contributed by atoms with E-state index in [0.29, 0.717) is 0 Å². The highest BCUT2D eigenvalue weighted by molar-refractivity contribution is 6.08. The van der Waals surface area contributed by atoms with Crippen LogP contribution in [0.15, 0.2) is 115 Å². The minimum Gasteiger partial charge on any atom is -0.376 e. The lowest BCUT2D eigenvalue weighted by Crippen LogP contribution is -2.27. The van der Waals surface area contributed by atoms with Gasteiger partial charge in [-0.25, -0.2) is 0 Å². The molecule has 1 aliphatic carbocycles. The lowest BCUT2D eigenvalue weighted by molar-refractivity contribution is 0.148. The highest BCUT2D eigenvalue weighted by atomic mass is 16.3. The Bertz CT molecular complexity index is 1140. The molecule has 0 radical (unpaired) electrons. The Kier molecular flexibility index (Phi) is 3.96. The van der Waals surface area contributed by atoms with Crippen molar-refractivity contribution in [3.8, 4) is 0 Å². The maximum atomic E-state index is 12.3. The van der Waals surface area contributed by atoms with E-state index in [0.717, 1.165) is 39.0 Å². The van der Waals surface area contributed by atoms with Crippen molar-refractivity contribution < 1.29 is 5.11 Å². The molecule has 28 heavy (non-hydrogen) atoms. The highest BCUT2D eigenvalue weighted by Crippen LogP contribution is 2.54. The van der Waals surface area contributed by atoms with Gasteiger partial charge < -0.3 is 5.11 Å². The molecule has 0 heterocycles. The zero-order valence-corrected chi connectivity index (χ0v) is 15.4. The Morgan fingerprint density at radius 3 is 1.64 bits per heavy atom. The molecule has 0 saturated heterocycles. The second-order valence-electron chi connectivity index (χ2n) is 7.10. The lowest BCUT2D eigenvalue weighted by atomic mass is 9.80. The van der Waals surface area contributed by atoms with Gasteiger partial charge in [-0.15, -0.1) is 0 Å². The molecular formula is C27H20O. The quantitative estimate of drug-likeness (QED) is 0.482. The molecule has 0 aromatic heterocycles. The number of fused-ring (bicyclic) bond motifs is 1. The number of benzene rings is 4. The topological polar surface area (TPSA) is 20.2 Å². The first kappa shape index (κ1) is 16.7.